The van der Waals surface area contributed by atoms with Crippen LogP contribution in [0.5, 0.6) is 0 Å². The van der Waals surface area contributed by atoms with Crippen molar-refractivity contribution in [2.45, 2.75) is 19.4 Å². The van der Waals surface area contributed by atoms with E-state index in [1.807, 2.05) is 33.7 Å². The van der Waals surface area contributed by atoms with Gasteiger partial charge in [0.2, 0.25) is 5.95 Å². The van der Waals surface area contributed by atoms with Crippen LogP contribution in [0, 0.1) is 0 Å². The van der Waals surface area contributed by atoms with Gasteiger partial charge in [-0.15, -0.1) is 0 Å². The number of morpholine rings is 2. The lowest BCUT2D eigenvalue weighted by Crippen LogP contribution is -2.62. The molecule has 0 radical (unpaired) electrons. The molecule has 3 aromatic heterocycles. The van der Waals surface area contributed by atoms with E-state index < -0.39 is 0 Å². The molecule has 7 rings (SSSR count). The first kappa shape index (κ1) is 23.5. The number of fused-ring (bicyclic) bond motifs is 2. The Morgan fingerprint density at radius 2 is 1.74 bits per heavy atom. The number of aromatic nitrogens is 6. The highest BCUT2D eigenvalue weighted by atomic mass is 16.5. The first-order chi connectivity index (χ1) is 18.7. The quantitative estimate of drug-likeness (QED) is 0.418. The van der Waals surface area contributed by atoms with Gasteiger partial charge in [-0.05, 0) is 12.1 Å². The molecule has 0 saturated carbocycles. The molecule has 6 heterocycles. The predicted molar refractivity (Wildman–Crippen MR) is 143 cm³/mol. The number of nitrogens with zero attached hydrogens (tertiary/aromatic N) is 8. The Kier molecular flexibility index (Phi) is 5.94. The summed E-state index contributed by atoms with van der Waals surface area (Å²) >= 11 is 0. The number of likely N-dealkylation sites (tertiary alicyclic amines) is 1. The van der Waals surface area contributed by atoms with Gasteiger partial charge in [0, 0.05) is 53.2 Å². The zero-order chi connectivity index (χ0) is 25.6. The fraction of sp³-hybridized carbons (Fsp3) is 0.500. The second kappa shape index (κ2) is 9.61. The zero-order valence-corrected chi connectivity index (χ0v) is 21.5. The Morgan fingerprint density at radius 3 is 2.50 bits per heavy atom. The topological polar surface area (TPSA) is 118 Å². The van der Waals surface area contributed by atoms with Gasteiger partial charge < -0.3 is 24.3 Å². The van der Waals surface area contributed by atoms with E-state index >= 15 is 0 Å². The van der Waals surface area contributed by atoms with Crippen molar-refractivity contribution in [3.8, 4) is 5.95 Å². The Bertz CT molecular complexity index is 1490. The van der Waals surface area contributed by atoms with E-state index in [0.29, 0.717) is 68.4 Å². The van der Waals surface area contributed by atoms with Gasteiger partial charge in [-0.25, -0.2) is 9.97 Å². The largest absolute Gasteiger partial charge is 0.379 e. The average molecular weight is 520 g/mol. The van der Waals surface area contributed by atoms with Crippen molar-refractivity contribution in [2.24, 2.45) is 0 Å². The number of carbonyl (C=O) groups excluding carboxylic acids is 1. The lowest BCUT2D eigenvalue weighted by Gasteiger charge is -2.46. The van der Waals surface area contributed by atoms with Crippen molar-refractivity contribution in [1.82, 2.24) is 39.3 Å². The van der Waals surface area contributed by atoms with Crippen molar-refractivity contribution >= 4 is 33.9 Å². The number of hydrogen-bond acceptors (Lipinski definition) is 9. The summed E-state index contributed by atoms with van der Waals surface area (Å²) in [7, 11) is 0. The SMILES string of the molecule is CCc1nc2ccccc2n1-c1nc(N2CCOCC2)c2[nH]c(C(=O)N3CC(N4CCOCC4)C3)nc2n1.[HH]. The van der Waals surface area contributed by atoms with Crippen molar-refractivity contribution in [2.75, 3.05) is 70.6 Å². The maximum absolute atomic E-state index is 13.4. The van der Waals surface area contributed by atoms with Crippen LogP contribution in [0.1, 0.15) is 24.8 Å². The second-order valence-corrected chi connectivity index (χ2v) is 9.95. The molecule has 3 aliphatic rings. The van der Waals surface area contributed by atoms with Crippen LogP contribution in [0.4, 0.5) is 5.82 Å². The molecular formula is C26H33N9O3. The molecule has 0 atom stereocenters. The third-order valence-corrected chi connectivity index (χ3v) is 7.69. The number of para-hydroxylation sites is 2. The smallest absolute Gasteiger partial charge is 0.289 e. The van der Waals surface area contributed by atoms with Crippen LogP contribution in [0.2, 0.25) is 0 Å². The summed E-state index contributed by atoms with van der Waals surface area (Å²) in [6, 6.07) is 8.37. The van der Waals surface area contributed by atoms with E-state index in [-0.39, 0.29) is 7.33 Å². The minimum atomic E-state index is -0.107. The van der Waals surface area contributed by atoms with E-state index in [1.165, 1.54) is 0 Å². The van der Waals surface area contributed by atoms with E-state index in [2.05, 4.69) is 21.7 Å². The van der Waals surface area contributed by atoms with Gasteiger partial charge in [0.15, 0.2) is 17.3 Å². The Hall–Kier alpha value is -3.61. The third kappa shape index (κ3) is 3.99. The summed E-state index contributed by atoms with van der Waals surface area (Å²) < 4.78 is 13.0. The number of ether oxygens (including phenoxy) is 2. The van der Waals surface area contributed by atoms with E-state index in [4.69, 9.17) is 29.4 Å². The highest BCUT2D eigenvalue weighted by Gasteiger charge is 2.37. The summed E-state index contributed by atoms with van der Waals surface area (Å²) in [6.07, 6.45) is 0.729. The minimum absolute atomic E-state index is 0. The number of benzene rings is 1. The van der Waals surface area contributed by atoms with Crippen LogP contribution in [-0.2, 0) is 15.9 Å². The first-order valence-corrected chi connectivity index (χ1v) is 13.4. The maximum atomic E-state index is 13.4. The van der Waals surface area contributed by atoms with E-state index in [1.54, 1.807) is 0 Å². The molecule has 200 valence electrons. The number of aryl methyl sites for hydroxylation is 1. The molecule has 3 fully saturated rings. The lowest BCUT2D eigenvalue weighted by atomic mass is 10.1. The fourth-order valence-corrected chi connectivity index (χ4v) is 5.56. The average Bonchev–Trinajstić information content (AvgIpc) is 3.54. The number of imidazole rings is 2. The number of aromatic amines is 1. The van der Waals surface area contributed by atoms with Gasteiger partial charge in [0.1, 0.15) is 11.3 Å². The van der Waals surface area contributed by atoms with Crippen molar-refractivity contribution < 1.29 is 15.7 Å². The van der Waals surface area contributed by atoms with Gasteiger partial charge in [-0.2, -0.15) is 9.97 Å². The van der Waals surface area contributed by atoms with Gasteiger partial charge >= 0.3 is 0 Å². The molecule has 1 amide bonds. The monoisotopic (exact) mass is 519 g/mol. The highest BCUT2D eigenvalue weighted by molar-refractivity contribution is 5.96. The van der Waals surface area contributed by atoms with Gasteiger partial charge in [-0.1, -0.05) is 19.1 Å². The van der Waals surface area contributed by atoms with Crippen LogP contribution < -0.4 is 4.90 Å². The molecule has 0 unspecified atom stereocenters. The summed E-state index contributed by atoms with van der Waals surface area (Å²) in [4.78, 5) is 42.4. The minimum Gasteiger partial charge on any atom is -0.379 e. The van der Waals surface area contributed by atoms with Crippen LogP contribution in [-0.4, -0.2) is 117 Å². The maximum Gasteiger partial charge on any atom is 0.289 e. The standard InChI is InChI=1S/C26H31N9O3.H2/c1-2-20-27-18-5-3-4-6-19(18)35(20)26-30-22-21(24(31-26)33-9-13-38-14-10-33)28-23(29-22)25(36)34-15-17(16-34)32-7-11-37-12-8-32;/h3-6,17H,2,7-16H2,1H3,(H,28,29,30,31);1H. The molecule has 0 spiro atoms. The van der Waals surface area contributed by atoms with Crippen LogP contribution in [0.3, 0.4) is 0 Å². The molecule has 38 heavy (non-hydrogen) atoms. The Balaban J connectivity index is 0.00000277. The third-order valence-electron chi connectivity index (χ3n) is 7.69. The highest BCUT2D eigenvalue weighted by Crippen LogP contribution is 2.28. The number of rotatable bonds is 5. The van der Waals surface area contributed by atoms with Gasteiger partial charge in [0.25, 0.3) is 5.91 Å². The predicted octanol–water partition coefficient (Wildman–Crippen LogP) is 1.49. The number of amides is 1. The Labute approximate surface area is 221 Å². The van der Waals surface area contributed by atoms with Crippen molar-refractivity contribution in [3.63, 3.8) is 0 Å². The molecule has 12 nitrogen and oxygen atoms in total. The van der Waals surface area contributed by atoms with Crippen LogP contribution >= 0.6 is 0 Å². The number of carbonyl (C=O) groups is 1. The zero-order valence-electron chi connectivity index (χ0n) is 21.5. The molecule has 1 aromatic carbocycles. The first-order valence-electron chi connectivity index (χ1n) is 13.4. The van der Waals surface area contributed by atoms with Gasteiger partial charge in [-0.3, -0.25) is 14.3 Å². The summed E-state index contributed by atoms with van der Waals surface area (Å²) in [6.45, 7) is 9.45. The summed E-state index contributed by atoms with van der Waals surface area (Å²) in [5.41, 5.74) is 2.99. The number of H-pyrrole nitrogens is 1. The molecular weight excluding hydrogens is 486 g/mol. The number of nitrogens with one attached hydrogen (secondary N) is 1. The van der Waals surface area contributed by atoms with Crippen LogP contribution in [0.15, 0.2) is 24.3 Å². The lowest BCUT2D eigenvalue weighted by molar-refractivity contribution is -0.0259. The van der Waals surface area contributed by atoms with Crippen molar-refractivity contribution in [3.05, 3.63) is 35.9 Å². The molecule has 4 aromatic rings. The molecule has 1 N–H and O–H groups in total. The van der Waals surface area contributed by atoms with E-state index in [9.17, 15) is 4.79 Å². The number of anilines is 1. The van der Waals surface area contributed by atoms with Crippen molar-refractivity contribution in [1.29, 1.82) is 0 Å². The normalized spacial score (nSPS) is 19.4. The fourth-order valence-electron chi connectivity index (χ4n) is 5.56. The van der Waals surface area contributed by atoms with Crippen LogP contribution in [0.25, 0.3) is 28.1 Å². The number of hydrogen-bond donors (Lipinski definition) is 1. The molecule has 0 aliphatic carbocycles. The summed E-state index contributed by atoms with van der Waals surface area (Å²) in [5.74, 6) is 2.30. The molecule has 0 bridgehead atoms. The van der Waals surface area contributed by atoms with Gasteiger partial charge in [0.05, 0.1) is 37.5 Å². The van der Waals surface area contributed by atoms with E-state index in [0.717, 1.165) is 55.4 Å². The molecule has 3 saturated heterocycles. The second-order valence-electron chi connectivity index (χ2n) is 9.95. The Morgan fingerprint density at radius 1 is 1.00 bits per heavy atom. The summed E-state index contributed by atoms with van der Waals surface area (Å²) in [5, 5.41) is 0. The molecule has 12 heteroatoms. The molecule has 3 aliphatic heterocycles.